The zero-order chi connectivity index (χ0) is 14.5. The van der Waals surface area contributed by atoms with Gasteiger partial charge in [-0.15, -0.1) is 0 Å². The first-order valence-electron chi connectivity index (χ1n) is 5.84. The summed E-state index contributed by atoms with van der Waals surface area (Å²) < 4.78 is 3.44. The van der Waals surface area contributed by atoms with Gasteiger partial charge >= 0.3 is 5.69 Å². The lowest BCUT2D eigenvalue weighted by Crippen LogP contribution is -2.38. The van der Waals surface area contributed by atoms with E-state index in [1.54, 1.807) is 20.8 Å². The zero-order valence-electron chi connectivity index (χ0n) is 11.6. The highest BCUT2D eigenvalue weighted by Crippen LogP contribution is 2.18. The fourth-order valence-corrected chi connectivity index (χ4v) is 1.86. The predicted octanol–water partition coefficient (Wildman–Crippen LogP) is 0.120. The van der Waals surface area contributed by atoms with E-state index in [4.69, 9.17) is 0 Å². The Bertz CT molecular complexity index is 786. The molecule has 0 N–H and O–H groups in total. The van der Waals surface area contributed by atoms with Crippen LogP contribution in [-0.4, -0.2) is 24.6 Å². The van der Waals surface area contributed by atoms with Crippen molar-refractivity contribution in [2.24, 2.45) is 19.5 Å². The second kappa shape index (κ2) is 3.91. The Morgan fingerprint density at radius 2 is 1.74 bits per heavy atom. The molecule has 0 saturated heterocycles. The molecule has 0 saturated carbocycles. The second-order valence-electron chi connectivity index (χ2n) is 5.55. The number of aromatic nitrogens is 4. The van der Waals surface area contributed by atoms with Crippen LogP contribution in [0.15, 0.2) is 15.9 Å². The van der Waals surface area contributed by atoms with Gasteiger partial charge < -0.3 is 0 Å². The van der Waals surface area contributed by atoms with Crippen molar-refractivity contribution in [2.75, 3.05) is 0 Å². The molecule has 0 atom stereocenters. The van der Waals surface area contributed by atoms with Gasteiger partial charge in [0.15, 0.2) is 11.2 Å². The van der Waals surface area contributed by atoms with Gasteiger partial charge in [0.05, 0.1) is 0 Å². The van der Waals surface area contributed by atoms with Crippen LogP contribution in [0.1, 0.15) is 25.6 Å². The van der Waals surface area contributed by atoms with Gasteiger partial charge in [-0.2, -0.15) is 0 Å². The van der Waals surface area contributed by atoms with Crippen LogP contribution in [0.4, 0.5) is 0 Å². The third-order valence-corrected chi connectivity index (χ3v) is 3.01. The summed E-state index contributed by atoms with van der Waals surface area (Å²) in [5, 5.41) is 0. The molecule has 2 aromatic heterocycles. The van der Waals surface area contributed by atoms with Crippen LogP contribution < -0.4 is 11.2 Å². The number of carbonyl (C=O) groups excluding carboxylic acids is 1. The molecule has 0 aromatic carbocycles. The smallest absolute Gasteiger partial charge is 0.279 e. The van der Waals surface area contributed by atoms with E-state index in [0.29, 0.717) is 0 Å². The molecule has 0 aliphatic carbocycles. The molecule has 102 valence electrons. The minimum atomic E-state index is -0.645. The van der Waals surface area contributed by atoms with Crippen LogP contribution in [0.5, 0.6) is 0 Å². The molecule has 7 heteroatoms. The van der Waals surface area contributed by atoms with Crippen LogP contribution in [0.2, 0.25) is 0 Å². The van der Waals surface area contributed by atoms with Gasteiger partial charge in [0.2, 0.25) is 5.91 Å². The van der Waals surface area contributed by atoms with Crippen molar-refractivity contribution in [1.82, 2.24) is 18.7 Å². The molecular weight excluding hydrogens is 248 g/mol. The largest absolute Gasteiger partial charge is 0.332 e. The number of nitrogens with zero attached hydrogens (tertiary/aromatic N) is 4. The first-order valence-corrected chi connectivity index (χ1v) is 5.84. The molecule has 19 heavy (non-hydrogen) atoms. The minimum absolute atomic E-state index is 0.129. The molecule has 0 aliphatic rings. The Labute approximate surface area is 109 Å². The van der Waals surface area contributed by atoms with E-state index in [2.05, 4.69) is 4.98 Å². The molecule has 2 rings (SSSR count). The molecule has 0 aliphatic heterocycles. The molecule has 0 bridgehead atoms. The van der Waals surface area contributed by atoms with Crippen molar-refractivity contribution < 1.29 is 4.79 Å². The Kier molecular flexibility index (Phi) is 2.73. The van der Waals surface area contributed by atoms with Gasteiger partial charge in [-0.25, -0.2) is 9.78 Å². The van der Waals surface area contributed by atoms with Crippen LogP contribution in [0.25, 0.3) is 11.2 Å². The Morgan fingerprint density at radius 1 is 1.16 bits per heavy atom. The van der Waals surface area contributed by atoms with Gasteiger partial charge in [0.25, 0.3) is 5.56 Å². The van der Waals surface area contributed by atoms with Gasteiger partial charge in [-0.1, -0.05) is 20.8 Å². The van der Waals surface area contributed by atoms with Gasteiger partial charge in [-0.05, 0) is 0 Å². The van der Waals surface area contributed by atoms with Gasteiger partial charge in [0.1, 0.15) is 6.33 Å². The molecule has 7 nitrogen and oxygen atoms in total. The summed E-state index contributed by atoms with van der Waals surface area (Å²) in [5.74, 6) is -0.245. The highest BCUT2D eigenvalue weighted by molar-refractivity contribution is 5.91. The average molecular weight is 264 g/mol. The van der Waals surface area contributed by atoms with Crippen molar-refractivity contribution in [3.8, 4) is 0 Å². The molecule has 0 radical (unpaired) electrons. The molecule has 2 heterocycles. The fourth-order valence-electron chi connectivity index (χ4n) is 1.86. The molecule has 0 amide bonds. The number of aryl methyl sites for hydroxylation is 1. The number of fused-ring (bicyclic) bond motifs is 1. The van der Waals surface area contributed by atoms with Crippen LogP contribution >= 0.6 is 0 Å². The highest BCUT2D eigenvalue weighted by atomic mass is 16.2. The molecular formula is C12H16N4O3. The Hall–Kier alpha value is -2.18. The summed E-state index contributed by atoms with van der Waals surface area (Å²) in [5.41, 5.74) is -1.29. The average Bonchev–Trinajstić information content (AvgIpc) is 2.76. The Morgan fingerprint density at radius 3 is 2.26 bits per heavy atom. The lowest BCUT2D eigenvalue weighted by molar-refractivity contribution is 0.0771. The lowest BCUT2D eigenvalue weighted by Gasteiger charge is -2.17. The first-order chi connectivity index (χ1) is 8.66. The highest BCUT2D eigenvalue weighted by Gasteiger charge is 2.26. The summed E-state index contributed by atoms with van der Waals surface area (Å²) in [7, 11) is 2.89. The summed E-state index contributed by atoms with van der Waals surface area (Å²) in [4.78, 5) is 40.2. The maximum atomic E-state index is 12.3. The normalized spacial score (nSPS) is 12.1. The van der Waals surface area contributed by atoms with Crippen molar-refractivity contribution in [1.29, 1.82) is 0 Å². The molecule has 0 unspecified atom stereocenters. The summed E-state index contributed by atoms with van der Waals surface area (Å²) >= 11 is 0. The third-order valence-electron chi connectivity index (χ3n) is 3.01. The number of imidazole rings is 1. The molecule has 0 spiro atoms. The van der Waals surface area contributed by atoms with E-state index in [-0.39, 0.29) is 17.1 Å². The topological polar surface area (TPSA) is 78.9 Å². The summed E-state index contributed by atoms with van der Waals surface area (Å²) in [6, 6.07) is 0. The van der Waals surface area contributed by atoms with E-state index in [0.717, 1.165) is 4.57 Å². The van der Waals surface area contributed by atoms with Crippen molar-refractivity contribution in [3.05, 3.63) is 27.2 Å². The van der Waals surface area contributed by atoms with E-state index in [1.165, 1.54) is 29.6 Å². The number of hydrogen-bond acceptors (Lipinski definition) is 4. The van der Waals surface area contributed by atoms with Crippen molar-refractivity contribution >= 4 is 17.1 Å². The monoisotopic (exact) mass is 264 g/mol. The third kappa shape index (κ3) is 1.81. The van der Waals surface area contributed by atoms with Crippen LogP contribution in [-0.2, 0) is 14.1 Å². The molecule has 2 aromatic rings. The lowest BCUT2D eigenvalue weighted by atomic mass is 9.95. The Balaban J connectivity index is 2.93. The number of carbonyl (C=O) groups is 1. The summed E-state index contributed by atoms with van der Waals surface area (Å²) in [6.07, 6.45) is 1.29. The maximum absolute atomic E-state index is 12.3. The maximum Gasteiger partial charge on any atom is 0.332 e. The molecule has 0 fully saturated rings. The van der Waals surface area contributed by atoms with E-state index < -0.39 is 16.7 Å². The van der Waals surface area contributed by atoms with Crippen molar-refractivity contribution in [2.45, 2.75) is 20.8 Å². The van der Waals surface area contributed by atoms with Crippen LogP contribution in [0.3, 0.4) is 0 Å². The van der Waals surface area contributed by atoms with Gasteiger partial charge in [-0.3, -0.25) is 23.3 Å². The van der Waals surface area contributed by atoms with Gasteiger partial charge in [0, 0.05) is 19.5 Å². The minimum Gasteiger partial charge on any atom is -0.279 e. The van der Waals surface area contributed by atoms with Crippen molar-refractivity contribution in [3.63, 3.8) is 0 Å². The zero-order valence-corrected chi connectivity index (χ0v) is 11.6. The number of hydrogen-bond donors (Lipinski definition) is 0. The standard InChI is InChI=1S/C12H16N4O3/c1-12(2,3)10(18)16-6-13-8-7(16)9(17)15(5)11(19)14(8)4/h6H,1-5H3. The summed E-state index contributed by atoms with van der Waals surface area (Å²) in [6.45, 7) is 5.27. The van der Waals surface area contributed by atoms with Crippen LogP contribution in [0, 0.1) is 5.41 Å². The fraction of sp³-hybridized carbons (Fsp3) is 0.500. The second-order valence-corrected chi connectivity index (χ2v) is 5.55. The van der Waals surface area contributed by atoms with E-state index in [1.807, 2.05) is 0 Å². The quantitative estimate of drug-likeness (QED) is 0.677. The predicted molar refractivity (Wildman–Crippen MR) is 70.3 cm³/mol. The van der Waals surface area contributed by atoms with E-state index >= 15 is 0 Å². The SMILES string of the molecule is Cn1c(=O)c2c(ncn2C(=O)C(C)(C)C)n(C)c1=O. The number of rotatable bonds is 0. The van der Waals surface area contributed by atoms with E-state index in [9.17, 15) is 14.4 Å². The first kappa shape index (κ1) is 13.3.